The van der Waals surface area contributed by atoms with Crippen LogP contribution < -0.4 is 5.73 Å². The van der Waals surface area contributed by atoms with E-state index in [1.807, 2.05) is 11.0 Å². The van der Waals surface area contributed by atoms with Crippen LogP contribution in [0.4, 0.5) is 0 Å². The third kappa shape index (κ3) is 1.61. The second-order valence-electron chi connectivity index (χ2n) is 4.83. The lowest BCUT2D eigenvalue weighted by Gasteiger charge is -2.15. The lowest BCUT2D eigenvalue weighted by molar-refractivity contribution is -0.128. The fourth-order valence-electron chi connectivity index (χ4n) is 2.67. The number of carbonyl (C=O) groups is 1. The highest BCUT2D eigenvalue weighted by molar-refractivity contribution is 5.80. The van der Waals surface area contributed by atoms with Gasteiger partial charge in [0.25, 0.3) is 0 Å². The summed E-state index contributed by atoms with van der Waals surface area (Å²) < 4.78 is 0. The summed E-state index contributed by atoms with van der Waals surface area (Å²) in [4.78, 5) is 13.7. The minimum absolute atomic E-state index is 0.0459. The maximum atomic E-state index is 11.7. The van der Waals surface area contributed by atoms with Gasteiger partial charge in [-0.3, -0.25) is 4.79 Å². The van der Waals surface area contributed by atoms with Crippen LogP contribution in [0.15, 0.2) is 30.3 Å². The lowest BCUT2D eigenvalue weighted by Crippen LogP contribution is -2.30. The molecule has 1 heterocycles. The molecule has 3 heteroatoms. The van der Waals surface area contributed by atoms with Gasteiger partial charge in [-0.25, -0.2) is 0 Å². The summed E-state index contributed by atoms with van der Waals surface area (Å²) in [5, 5.41) is 0. The van der Waals surface area contributed by atoms with Crippen LogP contribution in [0.25, 0.3) is 0 Å². The van der Waals surface area contributed by atoms with Crippen LogP contribution in [-0.2, 0) is 4.79 Å². The molecule has 1 amide bonds. The molecule has 0 spiro atoms. The number of carbonyl (C=O) groups excluding carboxylic acids is 1. The zero-order valence-corrected chi connectivity index (χ0v) is 9.17. The van der Waals surface area contributed by atoms with Crippen molar-refractivity contribution in [3.8, 4) is 0 Å². The number of hydrogen-bond acceptors (Lipinski definition) is 2. The normalized spacial score (nSPS) is 33.2. The third-order valence-corrected chi connectivity index (χ3v) is 3.57. The first-order valence-corrected chi connectivity index (χ1v) is 5.85. The lowest BCUT2D eigenvalue weighted by atomic mass is 10.1. The van der Waals surface area contributed by atoms with Gasteiger partial charge in [0.15, 0.2) is 0 Å². The van der Waals surface area contributed by atoms with Crippen LogP contribution >= 0.6 is 0 Å². The van der Waals surface area contributed by atoms with E-state index in [0.29, 0.717) is 18.4 Å². The van der Waals surface area contributed by atoms with Crippen molar-refractivity contribution in [3.63, 3.8) is 0 Å². The molecule has 3 nitrogen and oxygen atoms in total. The molecule has 0 aromatic heterocycles. The van der Waals surface area contributed by atoms with E-state index in [-0.39, 0.29) is 11.9 Å². The fourth-order valence-corrected chi connectivity index (χ4v) is 2.67. The van der Waals surface area contributed by atoms with Crippen molar-refractivity contribution in [2.45, 2.75) is 30.8 Å². The van der Waals surface area contributed by atoms with Crippen molar-refractivity contribution >= 4 is 5.91 Å². The standard InChI is InChI=1S/C13H16N2O/c14-10-6-13(16)15(8-10)12-7-11(12)9-4-2-1-3-5-9/h1-5,10-12H,6-8,14H2/t10-,11-,12-/m1/s1. The number of rotatable bonds is 2. The number of benzene rings is 1. The van der Waals surface area contributed by atoms with Gasteiger partial charge in [-0.15, -0.1) is 0 Å². The quantitative estimate of drug-likeness (QED) is 0.804. The van der Waals surface area contributed by atoms with E-state index in [2.05, 4.69) is 24.3 Å². The topological polar surface area (TPSA) is 46.3 Å². The molecule has 1 saturated heterocycles. The molecule has 2 N–H and O–H groups in total. The Hall–Kier alpha value is -1.35. The summed E-state index contributed by atoms with van der Waals surface area (Å²) in [5.41, 5.74) is 7.15. The summed E-state index contributed by atoms with van der Waals surface area (Å²) in [5.74, 6) is 0.770. The molecule has 2 fully saturated rings. The predicted molar refractivity (Wildman–Crippen MR) is 61.9 cm³/mol. The summed E-state index contributed by atoms with van der Waals surface area (Å²) in [6.07, 6.45) is 1.63. The summed E-state index contributed by atoms with van der Waals surface area (Å²) >= 11 is 0. The molecule has 1 aromatic carbocycles. The smallest absolute Gasteiger partial charge is 0.224 e. The van der Waals surface area contributed by atoms with Crippen LogP contribution in [0.1, 0.15) is 24.3 Å². The number of hydrogen-bond donors (Lipinski definition) is 1. The largest absolute Gasteiger partial charge is 0.337 e. The number of amides is 1. The molecule has 1 aliphatic carbocycles. The van der Waals surface area contributed by atoms with E-state index in [0.717, 1.165) is 13.0 Å². The molecule has 16 heavy (non-hydrogen) atoms. The second-order valence-corrected chi connectivity index (χ2v) is 4.83. The zero-order valence-electron chi connectivity index (χ0n) is 9.17. The molecular weight excluding hydrogens is 200 g/mol. The maximum absolute atomic E-state index is 11.7. The van der Waals surface area contributed by atoms with Crippen LogP contribution in [-0.4, -0.2) is 29.4 Å². The van der Waals surface area contributed by atoms with E-state index < -0.39 is 0 Å². The minimum Gasteiger partial charge on any atom is -0.337 e. The van der Waals surface area contributed by atoms with Gasteiger partial charge < -0.3 is 10.6 Å². The van der Waals surface area contributed by atoms with E-state index in [9.17, 15) is 4.79 Å². The van der Waals surface area contributed by atoms with E-state index in [4.69, 9.17) is 5.73 Å². The van der Waals surface area contributed by atoms with Crippen molar-refractivity contribution in [3.05, 3.63) is 35.9 Å². The van der Waals surface area contributed by atoms with Gasteiger partial charge in [0.2, 0.25) is 5.91 Å². The molecular formula is C13H16N2O. The third-order valence-electron chi connectivity index (χ3n) is 3.57. The molecule has 1 saturated carbocycles. The van der Waals surface area contributed by atoms with Gasteiger partial charge in [0.05, 0.1) is 0 Å². The van der Waals surface area contributed by atoms with Gasteiger partial charge >= 0.3 is 0 Å². The molecule has 2 aliphatic rings. The predicted octanol–water partition coefficient (Wildman–Crippen LogP) is 1.10. The Morgan fingerprint density at radius 2 is 2.00 bits per heavy atom. The summed E-state index contributed by atoms with van der Waals surface area (Å²) in [6, 6.07) is 10.9. The highest BCUT2D eigenvalue weighted by atomic mass is 16.2. The van der Waals surface area contributed by atoms with Gasteiger partial charge in [-0.05, 0) is 12.0 Å². The van der Waals surface area contributed by atoms with E-state index in [1.165, 1.54) is 5.56 Å². The number of likely N-dealkylation sites (tertiary alicyclic amines) is 1. The second kappa shape index (κ2) is 3.59. The fraction of sp³-hybridized carbons (Fsp3) is 0.462. The van der Waals surface area contributed by atoms with Crippen LogP contribution in [0.5, 0.6) is 0 Å². The van der Waals surface area contributed by atoms with Crippen LogP contribution in [0.3, 0.4) is 0 Å². The Balaban J connectivity index is 1.71. The Labute approximate surface area is 95.2 Å². The first kappa shape index (κ1) is 9.85. The van der Waals surface area contributed by atoms with Crippen molar-refractivity contribution in [1.29, 1.82) is 0 Å². The van der Waals surface area contributed by atoms with Crippen molar-refractivity contribution < 1.29 is 4.79 Å². The van der Waals surface area contributed by atoms with E-state index in [1.54, 1.807) is 0 Å². The first-order chi connectivity index (χ1) is 7.75. The maximum Gasteiger partial charge on any atom is 0.224 e. The van der Waals surface area contributed by atoms with Gasteiger partial charge in [0, 0.05) is 31.0 Å². The summed E-state index contributed by atoms with van der Waals surface area (Å²) in [6.45, 7) is 0.743. The molecule has 0 unspecified atom stereocenters. The van der Waals surface area contributed by atoms with Crippen LogP contribution in [0, 0.1) is 0 Å². The number of nitrogens with zero attached hydrogens (tertiary/aromatic N) is 1. The monoisotopic (exact) mass is 216 g/mol. The minimum atomic E-state index is 0.0459. The van der Waals surface area contributed by atoms with E-state index >= 15 is 0 Å². The first-order valence-electron chi connectivity index (χ1n) is 5.85. The van der Waals surface area contributed by atoms with Gasteiger partial charge in [0.1, 0.15) is 0 Å². The zero-order chi connectivity index (χ0) is 11.1. The Morgan fingerprint density at radius 1 is 1.25 bits per heavy atom. The highest BCUT2D eigenvalue weighted by Gasteiger charge is 2.47. The SMILES string of the molecule is N[C@@H]1CC(=O)N([C@@H]2C[C@@H]2c2ccccc2)C1. The molecule has 0 radical (unpaired) electrons. The van der Waals surface area contributed by atoms with Gasteiger partial charge in [-0.2, -0.15) is 0 Å². The Bertz CT molecular complexity index is 404. The van der Waals surface area contributed by atoms with Crippen molar-refractivity contribution in [2.24, 2.45) is 5.73 Å². The van der Waals surface area contributed by atoms with Crippen molar-refractivity contribution in [1.82, 2.24) is 4.90 Å². The Morgan fingerprint density at radius 3 is 2.62 bits per heavy atom. The number of nitrogens with two attached hydrogens (primary N) is 1. The molecule has 3 atom stereocenters. The van der Waals surface area contributed by atoms with Crippen LogP contribution in [0.2, 0.25) is 0 Å². The highest BCUT2D eigenvalue weighted by Crippen LogP contribution is 2.45. The molecule has 1 aromatic rings. The molecule has 0 bridgehead atoms. The molecule has 1 aliphatic heterocycles. The van der Waals surface area contributed by atoms with Crippen molar-refractivity contribution in [2.75, 3.05) is 6.54 Å². The Kier molecular flexibility index (Phi) is 2.21. The van der Waals surface area contributed by atoms with Gasteiger partial charge in [-0.1, -0.05) is 30.3 Å². The summed E-state index contributed by atoms with van der Waals surface area (Å²) in [7, 11) is 0. The average molecular weight is 216 g/mol. The molecule has 3 rings (SSSR count). The molecule has 84 valence electrons. The average Bonchev–Trinajstić information content (AvgIpc) is 3.00.